The zero-order chi connectivity index (χ0) is 53.8. The highest BCUT2D eigenvalue weighted by Crippen LogP contribution is 2.38. The number of nitrogens with two attached hydrogens (primary N) is 1. The molecule has 4 rings (SSSR count). The Morgan fingerprint density at radius 3 is 1.89 bits per heavy atom. The molecule has 1 aromatic rings. The Labute approximate surface area is 429 Å². The predicted octanol–water partition coefficient (Wildman–Crippen LogP) is 2.50. The summed E-state index contributed by atoms with van der Waals surface area (Å²) in [6.45, 7) is 8.57. The number of hydrogen-bond acceptors (Lipinski definition) is 17. The molecular formula is C55H82N2O16. The van der Waals surface area contributed by atoms with Crippen molar-refractivity contribution in [2.45, 2.75) is 189 Å². The number of cyclic esters (lactones) is 1. The highest BCUT2D eigenvalue weighted by Gasteiger charge is 2.51. The molecule has 13 N–H and O–H groups in total. The van der Waals surface area contributed by atoms with Gasteiger partial charge in [-0.05, 0) is 45.6 Å². The summed E-state index contributed by atoms with van der Waals surface area (Å²) in [5, 5.41) is 113. The Bertz CT molecular complexity index is 2030. The number of fused-ring (bicyclic) bond motifs is 2. The van der Waals surface area contributed by atoms with Gasteiger partial charge in [-0.3, -0.25) is 9.59 Å². The number of esters is 1. The van der Waals surface area contributed by atoms with Crippen LogP contribution in [0, 0.1) is 17.8 Å². The fourth-order valence-corrected chi connectivity index (χ4v) is 9.12. The number of allylic oxidation sites excluding steroid dienone is 12. The van der Waals surface area contributed by atoms with Gasteiger partial charge in [-0.15, -0.1) is 0 Å². The molecule has 408 valence electrons. The second kappa shape index (κ2) is 30.4. The van der Waals surface area contributed by atoms with Crippen LogP contribution in [0.3, 0.4) is 0 Å². The first-order chi connectivity index (χ1) is 34.6. The van der Waals surface area contributed by atoms with E-state index in [9.17, 15) is 60.7 Å². The lowest BCUT2D eigenvalue weighted by Crippen LogP contribution is -2.62. The Hall–Kier alpha value is -4.22. The van der Waals surface area contributed by atoms with Gasteiger partial charge >= 0.3 is 5.97 Å². The van der Waals surface area contributed by atoms with Gasteiger partial charge in [0.2, 0.25) is 5.91 Å². The molecule has 0 aromatic heterocycles. The minimum atomic E-state index is -2.29. The Morgan fingerprint density at radius 1 is 0.685 bits per heavy atom. The minimum Gasteiger partial charge on any atom is -0.462 e. The van der Waals surface area contributed by atoms with E-state index in [0.717, 1.165) is 5.56 Å². The molecule has 18 heteroatoms. The van der Waals surface area contributed by atoms with Crippen molar-refractivity contribution in [1.29, 1.82) is 0 Å². The quantitative estimate of drug-likeness (QED) is 0.189. The molecule has 3 heterocycles. The van der Waals surface area contributed by atoms with Crippen molar-refractivity contribution in [2.75, 3.05) is 0 Å². The molecule has 1 aromatic carbocycles. The van der Waals surface area contributed by atoms with E-state index in [0.29, 0.717) is 0 Å². The van der Waals surface area contributed by atoms with Crippen LogP contribution in [-0.4, -0.2) is 160 Å². The lowest BCUT2D eigenvalue weighted by atomic mass is 9.82. The second-order valence-corrected chi connectivity index (χ2v) is 19.9. The summed E-state index contributed by atoms with van der Waals surface area (Å²) in [7, 11) is 0. The molecule has 20 atom stereocenters. The first kappa shape index (κ1) is 61.3. The first-order valence-electron chi connectivity index (χ1n) is 25.4. The maximum absolute atomic E-state index is 14.2. The van der Waals surface area contributed by atoms with E-state index in [1.807, 2.05) is 79.8 Å². The van der Waals surface area contributed by atoms with Crippen LogP contribution in [0.4, 0.5) is 0 Å². The lowest BCUT2D eigenvalue weighted by Gasteiger charge is -2.46. The van der Waals surface area contributed by atoms with Crippen LogP contribution in [0.5, 0.6) is 0 Å². The molecular weight excluding hydrogens is 945 g/mol. The summed E-state index contributed by atoms with van der Waals surface area (Å²) >= 11 is 0. The maximum atomic E-state index is 14.2. The van der Waals surface area contributed by atoms with E-state index in [1.54, 1.807) is 70.2 Å². The highest BCUT2D eigenvalue weighted by molar-refractivity contribution is 5.80. The van der Waals surface area contributed by atoms with Crippen LogP contribution in [-0.2, 0) is 28.5 Å². The van der Waals surface area contributed by atoms with Crippen LogP contribution in [0.2, 0.25) is 0 Å². The van der Waals surface area contributed by atoms with Crippen molar-refractivity contribution in [3.05, 3.63) is 121 Å². The number of rotatable bonds is 5. The molecule has 1 amide bonds. The smallest absolute Gasteiger partial charge is 0.308 e. The maximum Gasteiger partial charge on any atom is 0.308 e. The zero-order valence-electron chi connectivity index (χ0n) is 42.6. The summed E-state index contributed by atoms with van der Waals surface area (Å²) in [6.07, 6.45) is 4.62. The standard InChI is InChI=1S/C55H82N2O16/c1-33-21-17-14-12-10-8-6-7-9-11-13-15-20-24-42(72-54-52(67)49(56)51(66)37(5)71-54)30-46-48(53(68)57-35(3)38-22-18-16-19-23-38)45(63)32-55(69,73-46)31-41(60)28-44(62)43(61)26-25-39(58)27-40(59)29-47(64)70-36(4)34(2)50(33)65/h6-24,33-37,39-46,48-52,54,58-63,65-67,69H,25-32,56H2,1-5H3,(H,57,68)/t33?,34?,35?,36?,37?,39-,40-,41+,42+,43-,44-,45?,46?,48-,49?,50-,51?,52?,54?,55-/m1/s1. The Balaban J connectivity index is 1.62. The van der Waals surface area contributed by atoms with Crippen molar-refractivity contribution in [1.82, 2.24) is 5.32 Å². The molecule has 11 unspecified atom stereocenters. The van der Waals surface area contributed by atoms with Crippen molar-refractivity contribution in [3.8, 4) is 0 Å². The summed E-state index contributed by atoms with van der Waals surface area (Å²) < 4.78 is 23.9. The van der Waals surface area contributed by atoms with Gasteiger partial charge < -0.3 is 81.1 Å². The topological polar surface area (TPSA) is 311 Å². The van der Waals surface area contributed by atoms with Gasteiger partial charge in [0, 0.05) is 37.5 Å². The van der Waals surface area contributed by atoms with Crippen LogP contribution < -0.4 is 11.1 Å². The summed E-state index contributed by atoms with van der Waals surface area (Å²) in [5.41, 5.74) is 6.92. The van der Waals surface area contributed by atoms with Gasteiger partial charge in [-0.25, -0.2) is 0 Å². The van der Waals surface area contributed by atoms with Crippen LogP contribution >= 0.6 is 0 Å². The largest absolute Gasteiger partial charge is 0.462 e. The molecule has 2 bridgehead atoms. The Morgan fingerprint density at radius 2 is 1.27 bits per heavy atom. The van der Waals surface area contributed by atoms with Gasteiger partial charge in [0.25, 0.3) is 0 Å². The first-order valence-corrected chi connectivity index (χ1v) is 25.4. The normalized spacial score (nSPS) is 39.1. The van der Waals surface area contributed by atoms with E-state index in [1.165, 1.54) is 0 Å². The van der Waals surface area contributed by atoms with Crippen molar-refractivity contribution < 1.29 is 79.6 Å². The molecule has 2 saturated heterocycles. The molecule has 0 radical (unpaired) electrons. The number of amides is 1. The molecule has 3 aliphatic heterocycles. The van der Waals surface area contributed by atoms with Crippen LogP contribution in [0.25, 0.3) is 0 Å². The average Bonchev–Trinajstić information content (AvgIpc) is 3.32. The van der Waals surface area contributed by atoms with Crippen molar-refractivity contribution in [2.24, 2.45) is 23.5 Å². The van der Waals surface area contributed by atoms with Gasteiger partial charge in [0.05, 0.1) is 91.6 Å². The molecule has 0 aliphatic carbocycles. The van der Waals surface area contributed by atoms with Crippen LogP contribution in [0.1, 0.15) is 97.6 Å². The van der Waals surface area contributed by atoms with E-state index in [-0.39, 0.29) is 31.6 Å². The fraction of sp³-hybridized carbons (Fsp3) is 0.600. The molecule has 2 fully saturated rings. The van der Waals surface area contributed by atoms with Gasteiger partial charge in [0.1, 0.15) is 12.2 Å². The van der Waals surface area contributed by atoms with E-state index in [4.69, 9.17) is 24.7 Å². The number of ether oxygens (including phenoxy) is 4. The Kier molecular flexibility index (Phi) is 25.5. The molecule has 18 nitrogen and oxygen atoms in total. The number of carbonyl (C=O) groups excluding carboxylic acids is 2. The third-order valence-electron chi connectivity index (χ3n) is 13.7. The van der Waals surface area contributed by atoms with Gasteiger partial charge in [0.15, 0.2) is 12.1 Å². The third-order valence-corrected chi connectivity index (χ3v) is 13.7. The fourth-order valence-electron chi connectivity index (χ4n) is 9.12. The SMILES string of the molecule is CC(NC(=O)[C@@H]1C(O)C[C@@]2(O)C[C@@H](O)C[C@@H](O)[C@H](O)CC[C@@H](O)C[C@@H](O)CC(=O)OC(C)C(C)[C@H](O)C(C)C=CC=CC=CC=CC=CC=CC=C[C@H](OC3OC(C)C(O)C(N)C3O)CC1O2)c1ccccc1. The molecule has 0 spiro atoms. The van der Waals surface area contributed by atoms with E-state index >= 15 is 0 Å². The number of aliphatic hydroxyl groups excluding tert-OH is 9. The lowest BCUT2D eigenvalue weighted by molar-refractivity contribution is -0.307. The highest BCUT2D eigenvalue weighted by atomic mass is 16.7. The second-order valence-electron chi connectivity index (χ2n) is 19.9. The number of benzene rings is 1. The van der Waals surface area contributed by atoms with Crippen LogP contribution in [0.15, 0.2) is 115 Å². The number of carbonyl (C=O) groups is 2. The summed E-state index contributed by atoms with van der Waals surface area (Å²) in [6, 6.07) is 7.47. The zero-order valence-corrected chi connectivity index (χ0v) is 42.6. The third kappa shape index (κ3) is 20.1. The van der Waals surface area contributed by atoms with E-state index in [2.05, 4.69) is 5.32 Å². The number of aliphatic hydroxyl groups is 10. The monoisotopic (exact) mass is 1030 g/mol. The minimum absolute atomic E-state index is 0.0974. The molecule has 73 heavy (non-hydrogen) atoms. The number of hydrogen-bond donors (Lipinski definition) is 12. The summed E-state index contributed by atoms with van der Waals surface area (Å²) in [4.78, 5) is 26.9. The predicted molar refractivity (Wildman–Crippen MR) is 272 cm³/mol. The molecule has 3 aliphatic rings. The van der Waals surface area contributed by atoms with Crippen molar-refractivity contribution >= 4 is 11.9 Å². The van der Waals surface area contributed by atoms with E-state index < -0.39 is 153 Å². The summed E-state index contributed by atoms with van der Waals surface area (Å²) in [5.74, 6) is -5.67. The van der Waals surface area contributed by atoms with Crippen molar-refractivity contribution in [3.63, 3.8) is 0 Å². The number of nitrogens with one attached hydrogen (secondary N) is 1. The molecule has 0 saturated carbocycles. The van der Waals surface area contributed by atoms with Gasteiger partial charge in [-0.2, -0.15) is 0 Å². The average molecular weight is 1030 g/mol. The van der Waals surface area contributed by atoms with Gasteiger partial charge in [-0.1, -0.05) is 129 Å².